The molecule has 1 aliphatic rings. The molecule has 4 nitrogen and oxygen atoms in total. The molecule has 0 aliphatic heterocycles. The van der Waals surface area contributed by atoms with Crippen molar-refractivity contribution in [2.75, 3.05) is 20.0 Å². The maximum Gasteiger partial charge on any atom is 0.338 e. The maximum atomic E-state index is 11.7. The predicted molar refractivity (Wildman–Crippen MR) is 136 cm³/mol. The largest absolute Gasteiger partial charge is 0.465 e. The van der Waals surface area contributed by atoms with Gasteiger partial charge in [-0.1, -0.05) is 52.9 Å². The van der Waals surface area contributed by atoms with Gasteiger partial charge in [-0.15, -0.1) is 0 Å². The van der Waals surface area contributed by atoms with E-state index in [1.54, 1.807) is 0 Å². The minimum absolute atomic E-state index is 0.276. The Hall–Kier alpha value is -1.63. The van der Waals surface area contributed by atoms with Gasteiger partial charge < -0.3 is 14.6 Å². The molecule has 1 aromatic rings. The maximum absolute atomic E-state index is 11.7. The number of aldehydes is 1. The first-order chi connectivity index (χ1) is 14.9. The van der Waals surface area contributed by atoms with Crippen molar-refractivity contribution in [2.45, 2.75) is 45.4 Å². The summed E-state index contributed by atoms with van der Waals surface area (Å²) in [4.78, 5) is 21.7. The van der Waals surface area contributed by atoms with E-state index in [0.29, 0.717) is 11.0 Å². The molecule has 0 saturated heterocycles. The predicted octanol–water partition coefficient (Wildman–Crippen LogP) is 6.10. The fraction of sp³-hybridized carbons (Fsp3) is 0.440. The van der Waals surface area contributed by atoms with E-state index >= 15 is 0 Å². The van der Waals surface area contributed by atoms with Gasteiger partial charge >= 0.3 is 5.97 Å². The summed E-state index contributed by atoms with van der Waals surface area (Å²) in [6.07, 6.45) is 12.8. The number of aliphatic hydroxyl groups is 1. The Bertz CT molecular complexity index is 752. The van der Waals surface area contributed by atoms with E-state index in [4.69, 9.17) is 9.84 Å². The molecule has 1 N–H and O–H groups in total. The summed E-state index contributed by atoms with van der Waals surface area (Å²) in [7, 11) is 2.41. The number of halogens is 1. The smallest absolute Gasteiger partial charge is 0.338 e. The monoisotopic (exact) mass is 510 g/mol. The van der Waals surface area contributed by atoms with Crippen LogP contribution in [0.25, 0.3) is 0 Å². The lowest BCUT2D eigenvalue weighted by molar-refractivity contribution is -0.108. The normalized spacial score (nSPS) is 14.3. The van der Waals surface area contributed by atoms with E-state index in [2.05, 4.69) is 41.2 Å². The number of esters is 1. The van der Waals surface area contributed by atoms with E-state index in [1.165, 1.54) is 25.5 Å². The van der Waals surface area contributed by atoms with Gasteiger partial charge in [-0.2, -0.15) is 12.6 Å². The van der Waals surface area contributed by atoms with Crippen molar-refractivity contribution in [3.63, 3.8) is 0 Å². The Morgan fingerprint density at radius 1 is 1.32 bits per heavy atom. The Balaban J connectivity index is 0.000000745. The third kappa shape index (κ3) is 11.5. The highest BCUT2D eigenvalue weighted by Crippen LogP contribution is 2.48. The molecule has 0 amide bonds. The third-order valence-electron chi connectivity index (χ3n) is 5.00. The van der Waals surface area contributed by atoms with Crippen LogP contribution in [-0.2, 0) is 16.0 Å². The topological polar surface area (TPSA) is 63.6 Å². The molecule has 0 bridgehead atoms. The number of ether oxygens (including phenoxy) is 1. The van der Waals surface area contributed by atoms with Gasteiger partial charge in [-0.05, 0) is 73.5 Å². The summed E-state index contributed by atoms with van der Waals surface area (Å²) < 4.78 is 5.86. The lowest BCUT2D eigenvalue weighted by Gasteiger charge is -2.08. The Morgan fingerprint density at radius 3 is 2.42 bits per heavy atom. The van der Waals surface area contributed by atoms with Gasteiger partial charge in [0.05, 0.1) is 12.7 Å². The van der Waals surface area contributed by atoms with Crippen LogP contribution in [0.3, 0.4) is 0 Å². The van der Waals surface area contributed by atoms with Crippen LogP contribution in [0, 0.1) is 5.41 Å². The van der Waals surface area contributed by atoms with Crippen LogP contribution in [0.4, 0.5) is 0 Å². The molecule has 0 atom stereocenters. The second kappa shape index (κ2) is 17.0. The lowest BCUT2D eigenvalue weighted by atomic mass is 9.99. The number of thiol groups is 1. The SMILES string of the molecule is C=C/C(=C\C(Br)=C/C)CCCc1ccccc1C(=O)OC.CO.O=CCC1(CS)CC1. The quantitative estimate of drug-likeness (QED) is 0.172. The third-order valence-corrected chi connectivity index (χ3v) is 6.36. The lowest BCUT2D eigenvalue weighted by Crippen LogP contribution is -2.05. The van der Waals surface area contributed by atoms with Gasteiger partial charge in [0.2, 0.25) is 0 Å². The number of benzene rings is 1. The summed E-state index contributed by atoms with van der Waals surface area (Å²) in [5, 5.41) is 7.00. The second-order valence-corrected chi connectivity index (χ2v) is 8.36. The molecule has 0 aromatic heterocycles. The first kappa shape index (κ1) is 29.4. The van der Waals surface area contributed by atoms with Crippen molar-refractivity contribution in [3.05, 3.63) is 70.3 Å². The summed E-state index contributed by atoms with van der Waals surface area (Å²) in [5.74, 6) is 0.605. The van der Waals surface area contributed by atoms with Crippen LogP contribution in [0.1, 0.15) is 54.9 Å². The summed E-state index contributed by atoms with van der Waals surface area (Å²) in [6, 6.07) is 7.59. The van der Waals surface area contributed by atoms with E-state index in [1.807, 2.05) is 43.3 Å². The summed E-state index contributed by atoms with van der Waals surface area (Å²) in [5.41, 5.74) is 3.19. The van der Waals surface area contributed by atoms with Gasteiger partial charge in [0, 0.05) is 18.0 Å². The first-order valence-corrected chi connectivity index (χ1v) is 11.7. The molecular weight excluding hydrogens is 476 g/mol. The molecule has 0 spiro atoms. The van der Waals surface area contributed by atoms with Crippen molar-refractivity contribution >= 4 is 40.8 Å². The molecule has 1 fully saturated rings. The zero-order valence-corrected chi connectivity index (χ0v) is 21.3. The van der Waals surface area contributed by atoms with Crippen molar-refractivity contribution in [2.24, 2.45) is 5.41 Å². The van der Waals surface area contributed by atoms with Crippen molar-refractivity contribution in [1.29, 1.82) is 0 Å². The molecule has 1 saturated carbocycles. The van der Waals surface area contributed by atoms with Crippen LogP contribution in [0.5, 0.6) is 0 Å². The Kier molecular flexibility index (Phi) is 16.1. The highest BCUT2D eigenvalue weighted by molar-refractivity contribution is 9.11. The van der Waals surface area contributed by atoms with Crippen LogP contribution >= 0.6 is 28.6 Å². The van der Waals surface area contributed by atoms with Gasteiger partial charge in [-0.3, -0.25) is 0 Å². The summed E-state index contributed by atoms with van der Waals surface area (Å²) in [6.45, 7) is 5.82. The number of carbonyl (C=O) groups excluding carboxylic acids is 2. The molecular formula is C25H35BrO4S. The minimum atomic E-state index is -0.276. The van der Waals surface area contributed by atoms with Crippen molar-refractivity contribution in [1.82, 2.24) is 0 Å². The molecule has 0 heterocycles. The number of hydrogen-bond acceptors (Lipinski definition) is 5. The standard InChI is InChI=1S/C18H21BrO2.C6H10OS.CH4O/c1-4-14(13-16(19)5-2)9-8-11-15-10-6-7-12-17(15)18(20)21-3;7-4-3-6(5-8)1-2-6;1-2/h4-7,10,12-13H,1,8-9,11H2,2-3H3;4,8H,1-3,5H2;2H,1H3/b14-13+,16-5+;;. The van der Waals surface area contributed by atoms with E-state index < -0.39 is 0 Å². The molecule has 31 heavy (non-hydrogen) atoms. The van der Waals surface area contributed by atoms with Crippen LogP contribution < -0.4 is 0 Å². The van der Waals surface area contributed by atoms with Crippen LogP contribution in [-0.4, -0.2) is 37.3 Å². The van der Waals surface area contributed by atoms with Crippen molar-refractivity contribution < 1.29 is 19.4 Å². The molecule has 0 unspecified atom stereocenters. The average Bonchev–Trinajstić information content (AvgIpc) is 3.60. The fourth-order valence-electron chi connectivity index (χ4n) is 2.80. The number of carbonyl (C=O) groups is 2. The van der Waals surface area contributed by atoms with Crippen molar-refractivity contribution in [3.8, 4) is 0 Å². The highest BCUT2D eigenvalue weighted by atomic mass is 79.9. The first-order valence-electron chi connectivity index (χ1n) is 10.3. The fourth-order valence-corrected chi connectivity index (χ4v) is 3.54. The zero-order chi connectivity index (χ0) is 23.7. The average molecular weight is 512 g/mol. The molecule has 0 radical (unpaired) electrons. The second-order valence-electron chi connectivity index (χ2n) is 7.13. The van der Waals surface area contributed by atoms with E-state index in [0.717, 1.165) is 54.9 Å². The summed E-state index contributed by atoms with van der Waals surface area (Å²) >= 11 is 7.61. The van der Waals surface area contributed by atoms with E-state index in [-0.39, 0.29) is 5.97 Å². The highest BCUT2D eigenvalue weighted by Gasteiger charge is 2.40. The number of methoxy groups -OCH3 is 1. The molecule has 1 aromatic carbocycles. The molecule has 1 aliphatic carbocycles. The number of aliphatic hydroxyl groups excluding tert-OH is 1. The van der Waals surface area contributed by atoms with Gasteiger partial charge in [0.15, 0.2) is 0 Å². The van der Waals surface area contributed by atoms with Crippen LogP contribution in [0.15, 0.2) is 59.1 Å². The van der Waals surface area contributed by atoms with Gasteiger partial charge in [0.1, 0.15) is 6.29 Å². The Labute approximate surface area is 201 Å². The van der Waals surface area contributed by atoms with Gasteiger partial charge in [0.25, 0.3) is 0 Å². The number of rotatable bonds is 10. The number of allylic oxidation sites excluding steroid dienone is 5. The van der Waals surface area contributed by atoms with E-state index in [9.17, 15) is 9.59 Å². The number of hydrogen-bond donors (Lipinski definition) is 2. The van der Waals surface area contributed by atoms with Gasteiger partial charge in [-0.25, -0.2) is 4.79 Å². The minimum Gasteiger partial charge on any atom is -0.465 e. The molecule has 6 heteroatoms. The van der Waals surface area contributed by atoms with Crippen LogP contribution in [0.2, 0.25) is 0 Å². The number of aryl methyl sites for hydroxylation is 1. The Morgan fingerprint density at radius 2 is 1.97 bits per heavy atom. The molecule has 2 rings (SSSR count). The zero-order valence-electron chi connectivity index (χ0n) is 18.8. The molecule has 172 valence electrons.